The number of aliphatic carboxylic acids is 2. The number of carboxylic acid groups (broad SMARTS) is 2. The van der Waals surface area contributed by atoms with E-state index in [1.807, 2.05) is 24.3 Å². The number of para-hydroxylation sites is 1. The summed E-state index contributed by atoms with van der Waals surface area (Å²) in [6.45, 7) is 3.28. The van der Waals surface area contributed by atoms with Crippen molar-refractivity contribution < 1.29 is 34.2 Å². The van der Waals surface area contributed by atoms with Crippen LogP contribution in [0.1, 0.15) is 37.8 Å². The van der Waals surface area contributed by atoms with Gasteiger partial charge in [-0.3, -0.25) is 19.2 Å². The molecule has 224 valence electrons. The lowest BCUT2D eigenvalue weighted by Gasteiger charge is -2.26. The Balaban J connectivity index is 1.77. The van der Waals surface area contributed by atoms with Crippen LogP contribution in [-0.2, 0) is 36.8 Å². The summed E-state index contributed by atoms with van der Waals surface area (Å²) >= 11 is 0. The number of carboxylic acids is 2. The highest BCUT2D eigenvalue weighted by Crippen LogP contribution is 2.19. The molecule has 3 aromatic rings. The van der Waals surface area contributed by atoms with Gasteiger partial charge in [-0.2, -0.15) is 0 Å². The minimum absolute atomic E-state index is 0.0303. The lowest BCUT2D eigenvalue weighted by atomic mass is 10.0. The number of H-pyrrole nitrogens is 1. The van der Waals surface area contributed by atoms with Crippen LogP contribution in [0, 0.1) is 5.92 Å². The van der Waals surface area contributed by atoms with Crippen LogP contribution in [0.5, 0.6) is 0 Å². The van der Waals surface area contributed by atoms with Gasteiger partial charge in [0, 0.05) is 29.9 Å². The Morgan fingerprint density at radius 1 is 0.810 bits per heavy atom. The average molecular weight is 580 g/mol. The number of aromatic amines is 1. The van der Waals surface area contributed by atoms with Crippen molar-refractivity contribution in [3.05, 3.63) is 71.9 Å². The third kappa shape index (κ3) is 8.90. The third-order valence-corrected chi connectivity index (χ3v) is 6.88. The molecule has 3 amide bonds. The molecule has 12 heteroatoms. The second kappa shape index (κ2) is 14.8. The average Bonchev–Trinajstić information content (AvgIpc) is 3.35. The Bertz CT molecular complexity index is 1410. The van der Waals surface area contributed by atoms with Gasteiger partial charge in [-0.15, -0.1) is 0 Å². The SMILES string of the molecule is CC(C)C(NC(=O)C(Cc1ccccc1)NC(=O)C(CCC(=O)O)NC(=O)C(N)Cc1c[nH]c2ccccc12)C(=O)O. The van der Waals surface area contributed by atoms with Gasteiger partial charge in [-0.1, -0.05) is 62.4 Å². The van der Waals surface area contributed by atoms with Gasteiger partial charge in [0.05, 0.1) is 6.04 Å². The van der Waals surface area contributed by atoms with Gasteiger partial charge in [0.25, 0.3) is 0 Å². The monoisotopic (exact) mass is 579 g/mol. The molecule has 0 aliphatic heterocycles. The summed E-state index contributed by atoms with van der Waals surface area (Å²) in [7, 11) is 0. The maximum Gasteiger partial charge on any atom is 0.326 e. The van der Waals surface area contributed by atoms with Crippen LogP contribution < -0.4 is 21.7 Å². The van der Waals surface area contributed by atoms with Crippen LogP contribution in [0.2, 0.25) is 0 Å². The van der Waals surface area contributed by atoms with Crippen molar-refractivity contribution in [2.24, 2.45) is 11.7 Å². The molecule has 1 heterocycles. The molecule has 3 rings (SSSR count). The molecule has 8 N–H and O–H groups in total. The number of nitrogens with one attached hydrogen (secondary N) is 4. The van der Waals surface area contributed by atoms with E-state index in [-0.39, 0.29) is 19.3 Å². The molecule has 4 atom stereocenters. The molecular formula is C30H37N5O7. The summed E-state index contributed by atoms with van der Waals surface area (Å²) in [4.78, 5) is 65.8. The van der Waals surface area contributed by atoms with Crippen LogP contribution in [0.3, 0.4) is 0 Å². The lowest BCUT2D eigenvalue weighted by molar-refractivity contribution is -0.143. The van der Waals surface area contributed by atoms with Crippen LogP contribution >= 0.6 is 0 Å². The van der Waals surface area contributed by atoms with Crippen LogP contribution in [0.4, 0.5) is 0 Å². The number of rotatable bonds is 15. The van der Waals surface area contributed by atoms with E-state index in [4.69, 9.17) is 5.73 Å². The molecule has 42 heavy (non-hydrogen) atoms. The summed E-state index contributed by atoms with van der Waals surface area (Å²) in [5, 5.41) is 27.3. The van der Waals surface area contributed by atoms with Crippen molar-refractivity contribution in [3.8, 4) is 0 Å². The zero-order chi connectivity index (χ0) is 30.8. The Kier molecular flexibility index (Phi) is 11.2. The predicted molar refractivity (Wildman–Crippen MR) is 155 cm³/mol. The number of hydrogen-bond donors (Lipinski definition) is 7. The maximum absolute atomic E-state index is 13.4. The van der Waals surface area contributed by atoms with Gasteiger partial charge in [-0.25, -0.2) is 4.79 Å². The van der Waals surface area contributed by atoms with E-state index in [2.05, 4.69) is 20.9 Å². The highest BCUT2D eigenvalue weighted by molar-refractivity contribution is 5.94. The topological polar surface area (TPSA) is 204 Å². The molecule has 0 aliphatic rings. The minimum atomic E-state index is -1.31. The first-order valence-corrected chi connectivity index (χ1v) is 13.7. The van der Waals surface area contributed by atoms with E-state index in [0.29, 0.717) is 5.56 Å². The van der Waals surface area contributed by atoms with Crippen molar-refractivity contribution in [2.45, 2.75) is 63.7 Å². The summed E-state index contributed by atoms with van der Waals surface area (Å²) in [6, 6.07) is 11.5. The van der Waals surface area contributed by atoms with E-state index >= 15 is 0 Å². The van der Waals surface area contributed by atoms with Crippen molar-refractivity contribution in [1.29, 1.82) is 0 Å². The number of nitrogens with two attached hydrogens (primary N) is 1. The molecule has 0 saturated carbocycles. The van der Waals surface area contributed by atoms with E-state index in [0.717, 1.165) is 16.5 Å². The molecule has 2 aromatic carbocycles. The Labute approximate surface area is 243 Å². The molecule has 0 fully saturated rings. The van der Waals surface area contributed by atoms with E-state index in [9.17, 15) is 34.2 Å². The number of benzene rings is 2. The number of aromatic nitrogens is 1. The molecular weight excluding hydrogens is 542 g/mol. The van der Waals surface area contributed by atoms with E-state index in [1.54, 1.807) is 50.4 Å². The summed E-state index contributed by atoms with van der Waals surface area (Å²) in [5.41, 5.74) is 8.55. The van der Waals surface area contributed by atoms with Crippen LogP contribution in [0.25, 0.3) is 10.9 Å². The fraction of sp³-hybridized carbons (Fsp3) is 0.367. The van der Waals surface area contributed by atoms with Crippen molar-refractivity contribution in [3.63, 3.8) is 0 Å². The summed E-state index contributed by atoms with van der Waals surface area (Å²) in [5.74, 6) is -5.02. The van der Waals surface area contributed by atoms with Crippen LogP contribution in [-0.4, -0.2) is 69.0 Å². The molecule has 1 aromatic heterocycles. The highest BCUT2D eigenvalue weighted by Gasteiger charge is 2.32. The van der Waals surface area contributed by atoms with E-state index in [1.165, 1.54) is 0 Å². The number of carbonyl (C=O) groups is 5. The Hall–Kier alpha value is -4.71. The number of hydrogen-bond acceptors (Lipinski definition) is 6. The molecule has 12 nitrogen and oxygen atoms in total. The first-order valence-electron chi connectivity index (χ1n) is 13.7. The van der Waals surface area contributed by atoms with Crippen LogP contribution in [0.15, 0.2) is 60.8 Å². The Morgan fingerprint density at radius 3 is 2.07 bits per heavy atom. The number of amides is 3. The van der Waals surface area contributed by atoms with Gasteiger partial charge in [-0.05, 0) is 36.0 Å². The number of fused-ring (bicyclic) bond motifs is 1. The molecule has 0 aliphatic carbocycles. The molecule has 0 bridgehead atoms. The zero-order valence-corrected chi connectivity index (χ0v) is 23.5. The highest BCUT2D eigenvalue weighted by atomic mass is 16.4. The third-order valence-electron chi connectivity index (χ3n) is 6.88. The number of carbonyl (C=O) groups excluding carboxylic acids is 3. The lowest BCUT2D eigenvalue weighted by Crippen LogP contribution is -2.58. The largest absolute Gasteiger partial charge is 0.481 e. The van der Waals surface area contributed by atoms with Gasteiger partial charge >= 0.3 is 11.9 Å². The predicted octanol–water partition coefficient (Wildman–Crippen LogP) is 1.34. The second-order valence-corrected chi connectivity index (χ2v) is 10.5. The normalized spacial score (nSPS) is 14.0. The van der Waals surface area contributed by atoms with Crippen molar-refractivity contribution in [1.82, 2.24) is 20.9 Å². The molecule has 0 spiro atoms. The second-order valence-electron chi connectivity index (χ2n) is 10.5. The molecule has 4 unspecified atom stereocenters. The first kappa shape index (κ1) is 31.8. The van der Waals surface area contributed by atoms with Crippen molar-refractivity contribution >= 4 is 40.6 Å². The van der Waals surface area contributed by atoms with Gasteiger partial charge < -0.3 is 36.9 Å². The smallest absolute Gasteiger partial charge is 0.326 e. The minimum Gasteiger partial charge on any atom is -0.481 e. The standard InChI is InChI=1S/C30H37N5O7/c1-17(2)26(30(41)42)35-29(40)24(14-18-8-4-3-5-9-18)34-28(39)23(12-13-25(36)37)33-27(38)21(31)15-19-16-32-22-11-7-6-10-20(19)22/h3-11,16-17,21,23-24,26,32H,12-15,31H2,1-2H3,(H,33,38)(H,34,39)(H,35,40)(H,36,37)(H,41,42). The van der Waals surface area contributed by atoms with Gasteiger partial charge in [0.15, 0.2) is 0 Å². The quantitative estimate of drug-likeness (QED) is 0.140. The zero-order valence-electron chi connectivity index (χ0n) is 23.5. The Morgan fingerprint density at radius 2 is 1.43 bits per heavy atom. The molecule has 0 radical (unpaired) electrons. The molecule has 0 saturated heterocycles. The summed E-state index contributed by atoms with van der Waals surface area (Å²) in [6.07, 6.45) is 1.26. The van der Waals surface area contributed by atoms with Gasteiger partial charge in [0.1, 0.15) is 18.1 Å². The van der Waals surface area contributed by atoms with Crippen molar-refractivity contribution in [2.75, 3.05) is 0 Å². The maximum atomic E-state index is 13.4. The fourth-order valence-corrected chi connectivity index (χ4v) is 4.54. The summed E-state index contributed by atoms with van der Waals surface area (Å²) < 4.78 is 0. The fourth-order valence-electron chi connectivity index (χ4n) is 4.54. The van der Waals surface area contributed by atoms with Gasteiger partial charge in [0.2, 0.25) is 17.7 Å². The van der Waals surface area contributed by atoms with E-state index < -0.39 is 66.2 Å². The first-order chi connectivity index (χ1) is 20.0.